The van der Waals surface area contributed by atoms with Crippen molar-refractivity contribution < 1.29 is 24.2 Å². The van der Waals surface area contributed by atoms with E-state index in [1.54, 1.807) is 32.9 Å². The summed E-state index contributed by atoms with van der Waals surface area (Å²) in [5, 5.41) is 9.52. The van der Waals surface area contributed by atoms with Crippen molar-refractivity contribution in [2.75, 3.05) is 13.7 Å². The molecule has 0 radical (unpaired) electrons. The van der Waals surface area contributed by atoms with Crippen LogP contribution in [0.15, 0.2) is 12.1 Å². The van der Waals surface area contributed by atoms with Gasteiger partial charge in [0, 0.05) is 29.9 Å². The number of ether oxygens (including phenoxy) is 2. The molecule has 0 aliphatic carbocycles. The number of aromatic nitrogens is 1. The standard InChI is InChI=1S/C15H21NO5/c1-5-15(13(17)18,14(19)21-6-2)9-11-8-12(20-4)7-10(3)16-11/h7-8H,5-6,9H2,1-4H3,(H,17,18). The lowest BCUT2D eigenvalue weighted by Gasteiger charge is -2.25. The molecule has 1 aromatic rings. The lowest BCUT2D eigenvalue weighted by molar-refractivity contribution is -0.169. The van der Waals surface area contributed by atoms with E-state index in [4.69, 9.17) is 9.47 Å². The van der Waals surface area contributed by atoms with Gasteiger partial charge < -0.3 is 14.6 Å². The molecule has 1 rings (SSSR count). The maximum Gasteiger partial charge on any atom is 0.323 e. The van der Waals surface area contributed by atoms with E-state index >= 15 is 0 Å². The van der Waals surface area contributed by atoms with Gasteiger partial charge in [-0.3, -0.25) is 14.6 Å². The van der Waals surface area contributed by atoms with E-state index in [1.807, 2.05) is 0 Å². The van der Waals surface area contributed by atoms with Gasteiger partial charge in [0.1, 0.15) is 5.75 Å². The van der Waals surface area contributed by atoms with Crippen molar-refractivity contribution in [3.05, 3.63) is 23.5 Å². The zero-order valence-electron chi connectivity index (χ0n) is 12.8. The Bertz CT molecular complexity index is 529. The van der Waals surface area contributed by atoms with Gasteiger partial charge in [-0.25, -0.2) is 0 Å². The molecular formula is C15H21NO5. The highest BCUT2D eigenvalue weighted by molar-refractivity contribution is 5.99. The van der Waals surface area contributed by atoms with Gasteiger partial charge in [-0.1, -0.05) is 6.92 Å². The third-order valence-electron chi connectivity index (χ3n) is 3.38. The van der Waals surface area contributed by atoms with Crippen LogP contribution >= 0.6 is 0 Å². The second-order valence-electron chi connectivity index (χ2n) is 4.78. The van der Waals surface area contributed by atoms with Gasteiger partial charge in [-0.2, -0.15) is 0 Å². The summed E-state index contributed by atoms with van der Waals surface area (Å²) in [7, 11) is 1.52. The molecule has 116 valence electrons. The Balaban J connectivity index is 3.20. The molecule has 1 atom stereocenters. The molecule has 6 nitrogen and oxygen atoms in total. The highest BCUT2D eigenvalue weighted by Crippen LogP contribution is 2.30. The molecule has 1 aromatic heterocycles. The van der Waals surface area contributed by atoms with E-state index in [2.05, 4.69) is 4.98 Å². The second-order valence-corrected chi connectivity index (χ2v) is 4.78. The van der Waals surface area contributed by atoms with Crippen LogP contribution in [0.5, 0.6) is 5.75 Å². The van der Waals surface area contributed by atoms with Crippen LogP contribution in [-0.4, -0.2) is 35.7 Å². The van der Waals surface area contributed by atoms with E-state index in [9.17, 15) is 14.7 Å². The van der Waals surface area contributed by atoms with Crippen molar-refractivity contribution in [2.24, 2.45) is 5.41 Å². The predicted octanol–water partition coefficient (Wildman–Crippen LogP) is 1.99. The molecule has 1 N–H and O–H groups in total. The van der Waals surface area contributed by atoms with Gasteiger partial charge in [-0.15, -0.1) is 0 Å². The minimum Gasteiger partial charge on any atom is -0.497 e. The smallest absolute Gasteiger partial charge is 0.323 e. The number of rotatable bonds is 7. The number of hydrogen-bond acceptors (Lipinski definition) is 5. The number of nitrogens with zero attached hydrogens (tertiary/aromatic N) is 1. The summed E-state index contributed by atoms with van der Waals surface area (Å²) in [5.41, 5.74) is -0.435. The van der Waals surface area contributed by atoms with E-state index in [-0.39, 0.29) is 19.4 Å². The first-order valence-corrected chi connectivity index (χ1v) is 6.81. The van der Waals surface area contributed by atoms with Crippen LogP contribution in [0.25, 0.3) is 0 Å². The van der Waals surface area contributed by atoms with Crippen LogP contribution in [-0.2, 0) is 20.7 Å². The first-order chi connectivity index (χ1) is 9.89. The molecule has 21 heavy (non-hydrogen) atoms. The number of carboxylic acid groups (broad SMARTS) is 1. The Kier molecular flexibility index (Phi) is 5.69. The summed E-state index contributed by atoms with van der Waals surface area (Å²) in [6.07, 6.45) is 0.0921. The molecule has 6 heteroatoms. The molecule has 0 saturated heterocycles. The molecule has 0 saturated carbocycles. The summed E-state index contributed by atoms with van der Waals surface area (Å²) in [5.74, 6) is -1.36. The Morgan fingerprint density at radius 1 is 1.33 bits per heavy atom. The minimum atomic E-state index is -1.62. The monoisotopic (exact) mass is 295 g/mol. The van der Waals surface area contributed by atoms with Crippen molar-refractivity contribution >= 4 is 11.9 Å². The molecule has 0 aromatic carbocycles. The van der Waals surface area contributed by atoms with Gasteiger partial charge in [0.2, 0.25) is 0 Å². The highest BCUT2D eigenvalue weighted by Gasteiger charge is 2.46. The van der Waals surface area contributed by atoms with Crippen LogP contribution in [0.3, 0.4) is 0 Å². The molecule has 0 bridgehead atoms. The summed E-state index contributed by atoms with van der Waals surface area (Å²) in [6, 6.07) is 3.38. The first kappa shape index (κ1) is 16.9. The fourth-order valence-corrected chi connectivity index (χ4v) is 2.15. The van der Waals surface area contributed by atoms with Gasteiger partial charge >= 0.3 is 11.9 Å². The third-order valence-corrected chi connectivity index (χ3v) is 3.38. The number of hydrogen-bond donors (Lipinski definition) is 1. The van der Waals surface area contributed by atoms with Crippen molar-refractivity contribution in [1.29, 1.82) is 0 Å². The predicted molar refractivity (Wildman–Crippen MR) is 76.2 cm³/mol. The average molecular weight is 295 g/mol. The average Bonchev–Trinajstić information content (AvgIpc) is 2.43. The number of pyridine rings is 1. The van der Waals surface area contributed by atoms with Crippen molar-refractivity contribution in [2.45, 2.75) is 33.6 Å². The number of aryl methyl sites for hydroxylation is 1. The fraction of sp³-hybridized carbons (Fsp3) is 0.533. The van der Waals surface area contributed by atoms with Crippen LogP contribution in [0.2, 0.25) is 0 Å². The number of methoxy groups -OCH3 is 1. The molecule has 0 aliphatic rings. The third kappa shape index (κ3) is 3.71. The normalized spacial score (nSPS) is 13.3. The van der Waals surface area contributed by atoms with Gasteiger partial charge in [0.25, 0.3) is 0 Å². The molecule has 1 unspecified atom stereocenters. The van der Waals surface area contributed by atoms with Crippen LogP contribution < -0.4 is 4.74 Å². The van der Waals surface area contributed by atoms with Gasteiger partial charge in [-0.05, 0) is 20.3 Å². The Labute approximate surface area is 124 Å². The number of carbonyl (C=O) groups excluding carboxylic acids is 1. The maximum absolute atomic E-state index is 12.1. The SMILES string of the molecule is CCOC(=O)C(CC)(Cc1cc(OC)cc(C)n1)C(=O)O. The van der Waals surface area contributed by atoms with Crippen molar-refractivity contribution in [1.82, 2.24) is 4.98 Å². The lowest BCUT2D eigenvalue weighted by Crippen LogP contribution is -2.42. The van der Waals surface area contributed by atoms with Crippen molar-refractivity contribution in [3.63, 3.8) is 0 Å². The zero-order valence-corrected chi connectivity index (χ0v) is 12.8. The quantitative estimate of drug-likeness (QED) is 0.611. The summed E-state index contributed by atoms with van der Waals surface area (Å²) in [4.78, 5) is 28.1. The fourth-order valence-electron chi connectivity index (χ4n) is 2.15. The van der Waals surface area contributed by atoms with E-state index in [0.29, 0.717) is 17.1 Å². The summed E-state index contributed by atoms with van der Waals surface area (Å²) >= 11 is 0. The minimum absolute atomic E-state index is 0.0320. The van der Waals surface area contributed by atoms with Gasteiger partial charge in [0.15, 0.2) is 5.41 Å². The zero-order chi connectivity index (χ0) is 16.0. The van der Waals surface area contributed by atoms with Gasteiger partial charge in [0.05, 0.1) is 13.7 Å². The van der Waals surface area contributed by atoms with Crippen LogP contribution in [0.4, 0.5) is 0 Å². The Morgan fingerprint density at radius 3 is 2.48 bits per heavy atom. The molecule has 0 aliphatic heterocycles. The topological polar surface area (TPSA) is 85.7 Å². The number of esters is 1. The van der Waals surface area contributed by atoms with E-state index < -0.39 is 17.4 Å². The molecular weight excluding hydrogens is 274 g/mol. The van der Waals surface area contributed by atoms with Crippen molar-refractivity contribution in [3.8, 4) is 5.75 Å². The van der Waals surface area contributed by atoms with E-state index in [0.717, 1.165) is 0 Å². The molecule has 0 fully saturated rings. The highest BCUT2D eigenvalue weighted by atomic mass is 16.5. The summed E-state index contributed by atoms with van der Waals surface area (Å²) < 4.78 is 10.1. The maximum atomic E-state index is 12.1. The second kappa shape index (κ2) is 7.06. The first-order valence-electron chi connectivity index (χ1n) is 6.81. The van der Waals surface area contributed by atoms with Crippen LogP contribution in [0, 0.1) is 12.3 Å². The molecule has 1 heterocycles. The number of carboxylic acids is 1. The molecule has 0 spiro atoms. The van der Waals surface area contributed by atoms with Crippen LogP contribution in [0.1, 0.15) is 31.7 Å². The summed E-state index contributed by atoms with van der Waals surface area (Å²) in [6.45, 7) is 5.22. The number of aliphatic carboxylic acids is 1. The largest absolute Gasteiger partial charge is 0.497 e. The lowest BCUT2D eigenvalue weighted by atomic mass is 9.80. The Hall–Kier alpha value is -2.11. The van der Waals surface area contributed by atoms with E-state index in [1.165, 1.54) is 7.11 Å². The Morgan fingerprint density at radius 2 is 2.00 bits per heavy atom. The number of carbonyl (C=O) groups is 2. The molecule has 0 amide bonds.